The van der Waals surface area contributed by atoms with Gasteiger partial charge in [-0.1, -0.05) is 13.3 Å². The molecule has 0 aromatic rings. The van der Waals surface area contributed by atoms with Crippen LogP contribution in [0.2, 0.25) is 0 Å². The standard InChI is InChI=1S/C6H10F2O2/c1-2-3-4(5(7)8)6(9)10/h4-5H,2-3H2,1H3,(H,9,10). The van der Waals surface area contributed by atoms with Crippen molar-refractivity contribution >= 4 is 5.97 Å². The maximum atomic E-state index is 11.8. The summed E-state index contributed by atoms with van der Waals surface area (Å²) in [6, 6.07) is 0. The fraction of sp³-hybridized carbons (Fsp3) is 0.833. The van der Waals surface area contributed by atoms with E-state index < -0.39 is 18.3 Å². The minimum atomic E-state index is -2.74. The molecule has 60 valence electrons. The van der Waals surface area contributed by atoms with Crippen molar-refractivity contribution in [2.24, 2.45) is 5.92 Å². The number of hydrogen-bond donors (Lipinski definition) is 1. The first-order valence-electron chi connectivity index (χ1n) is 3.10. The maximum absolute atomic E-state index is 11.8. The third-order valence-electron chi connectivity index (χ3n) is 1.22. The topological polar surface area (TPSA) is 37.3 Å². The van der Waals surface area contributed by atoms with Gasteiger partial charge in [0.1, 0.15) is 5.92 Å². The van der Waals surface area contributed by atoms with Gasteiger partial charge in [0.05, 0.1) is 0 Å². The number of carboxylic acids is 1. The molecular weight excluding hydrogens is 142 g/mol. The van der Waals surface area contributed by atoms with Gasteiger partial charge in [0.25, 0.3) is 6.43 Å². The first-order chi connectivity index (χ1) is 4.59. The Bertz CT molecular complexity index is 114. The Morgan fingerprint density at radius 3 is 2.20 bits per heavy atom. The molecule has 0 aromatic carbocycles. The van der Waals surface area contributed by atoms with E-state index in [0.717, 1.165) is 0 Å². The second kappa shape index (κ2) is 4.19. The van der Waals surface area contributed by atoms with Crippen molar-refractivity contribution in [3.63, 3.8) is 0 Å². The second-order valence-electron chi connectivity index (χ2n) is 2.07. The molecule has 0 fully saturated rings. The molecule has 0 bridgehead atoms. The second-order valence-corrected chi connectivity index (χ2v) is 2.07. The van der Waals surface area contributed by atoms with Gasteiger partial charge in [0.15, 0.2) is 0 Å². The van der Waals surface area contributed by atoms with E-state index in [9.17, 15) is 13.6 Å². The molecule has 1 unspecified atom stereocenters. The molecule has 0 spiro atoms. The maximum Gasteiger partial charge on any atom is 0.312 e. The molecule has 1 atom stereocenters. The Labute approximate surface area is 57.9 Å². The van der Waals surface area contributed by atoms with Crippen LogP contribution in [0.1, 0.15) is 19.8 Å². The molecule has 0 saturated heterocycles. The number of aliphatic carboxylic acids is 1. The zero-order valence-electron chi connectivity index (χ0n) is 5.68. The lowest BCUT2D eigenvalue weighted by molar-refractivity contribution is -0.147. The number of carboxylic acid groups (broad SMARTS) is 1. The number of hydrogen-bond acceptors (Lipinski definition) is 1. The van der Waals surface area contributed by atoms with Gasteiger partial charge in [-0.3, -0.25) is 4.79 Å². The highest BCUT2D eigenvalue weighted by molar-refractivity contribution is 5.70. The molecule has 4 heteroatoms. The number of alkyl halides is 2. The van der Waals surface area contributed by atoms with Gasteiger partial charge >= 0.3 is 5.97 Å². The molecule has 0 aliphatic rings. The lowest BCUT2D eigenvalue weighted by Crippen LogP contribution is -2.21. The molecule has 0 radical (unpaired) electrons. The zero-order valence-corrected chi connectivity index (χ0v) is 5.68. The van der Waals surface area contributed by atoms with E-state index in [1.807, 2.05) is 0 Å². The zero-order chi connectivity index (χ0) is 8.15. The predicted molar refractivity (Wildman–Crippen MR) is 32.0 cm³/mol. The van der Waals surface area contributed by atoms with Crippen molar-refractivity contribution in [1.82, 2.24) is 0 Å². The van der Waals surface area contributed by atoms with Crippen LogP contribution in [0.4, 0.5) is 8.78 Å². The molecule has 2 nitrogen and oxygen atoms in total. The predicted octanol–water partition coefficient (Wildman–Crippen LogP) is 1.75. The number of halogens is 2. The first kappa shape index (κ1) is 9.33. The quantitative estimate of drug-likeness (QED) is 0.666. The molecule has 0 rings (SSSR count). The molecule has 0 amide bonds. The van der Waals surface area contributed by atoms with Gasteiger partial charge in [0, 0.05) is 0 Å². The summed E-state index contributed by atoms with van der Waals surface area (Å²) in [5.74, 6) is -2.89. The summed E-state index contributed by atoms with van der Waals surface area (Å²) in [6.07, 6.45) is -2.22. The summed E-state index contributed by atoms with van der Waals surface area (Å²) in [6.45, 7) is 1.68. The smallest absolute Gasteiger partial charge is 0.312 e. The van der Waals surface area contributed by atoms with Gasteiger partial charge < -0.3 is 5.11 Å². The van der Waals surface area contributed by atoms with Crippen LogP contribution < -0.4 is 0 Å². The van der Waals surface area contributed by atoms with E-state index in [1.54, 1.807) is 6.92 Å². The van der Waals surface area contributed by atoms with E-state index in [-0.39, 0.29) is 6.42 Å². The van der Waals surface area contributed by atoms with Gasteiger partial charge in [-0.2, -0.15) is 0 Å². The lowest BCUT2D eigenvalue weighted by atomic mass is 10.1. The largest absolute Gasteiger partial charge is 0.481 e. The van der Waals surface area contributed by atoms with Crippen molar-refractivity contribution in [3.05, 3.63) is 0 Å². The van der Waals surface area contributed by atoms with Crippen molar-refractivity contribution in [1.29, 1.82) is 0 Å². The van der Waals surface area contributed by atoms with Crippen LogP contribution in [0.15, 0.2) is 0 Å². The fourth-order valence-corrected chi connectivity index (χ4v) is 0.668. The van der Waals surface area contributed by atoms with E-state index in [0.29, 0.717) is 6.42 Å². The van der Waals surface area contributed by atoms with Crippen molar-refractivity contribution in [2.75, 3.05) is 0 Å². The molecule has 0 aliphatic heterocycles. The van der Waals surface area contributed by atoms with Crippen LogP contribution in [-0.4, -0.2) is 17.5 Å². The van der Waals surface area contributed by atoms with Gasteiger partial charge in [0.2, 0.25) is 0 Å². The first-order valence-corrected chi connectivity index (χ1v) is 3.10. The molecule has 0 aromatic heterocycles. The SMILES string of the molecule is CCCC(C(=O)O)C(F)F. The average molecular weight is 152 g/mol. The fourth-order valence-electron chi connectivity index (χ4n) is 0.668. The van der Waals surface area contributed by atoms with Gasteiger partial charge in [-0.25, -0.2) is 8.78 Å². The van der Waals surface area contributed by atoms with Crippen LogP contribution in [-0.2, 0) is 4.79 Å². The minimum Gasteiger partial charge on any atom is -0.481 e. The Hall–Kier alpha value is -0.670. The minimum absolute atomic E-state index is 0.0486. The Balaban J connectivity index is 3.85. The summed E-state index contributed by atoms with van der Waals surface area (Å²) in [4.78, 5) is 10.1. The summed E-state index contributed by atoms with van der Waals surface area (Å²) in [7, 11) is 0. The van der Waals surface area contributed by atoms with Crippen LogP contribution in [0.5, 0.6) is 0 Å². The van der Waals surface area contributed by atoms with Crippen LogP contribution >= 0.6 is 0 Å². The summed E-state index contributed by atoms with van der Waals surface area (Å²) in [5.41, 5.74) is 0. The monoisotopic (exact) mass is 152 g/mol. The molecule has 0 aliphatic carbocycles. The third-order valence-corrected chi connectivity index (χ3v) is 1.22. The van der Waals surface area contributed by atoms with Crippen LogP contribution in [0, 0.1) is 5.92 Å². The van der Waals surface area contributed by atoms with Crippen LogP contribution in [0.3, 0.4) is 0 Å². The highest BCUT2D eigenvalue weighted by Crippen LogP contribution is 2.15. The van der Waals surface area contributed by atoms with Crippen molar-refractivity contribution in [3.8, 4) is 0 Å². The highest BCUT2D eigenvalue weighted by Gasteiger charge is 2.26. The Morgan fingerprint density at radius 2 is 2.10 bits per heavy atom. The summed E-state index contributed by atoms with van der Waals surface area (Å²) in [5, 5.41) is 8.19. The van der Waals surface area contributed by atoms with E-state index >= 15 is 0 Å². The van der Waals surface area contributed by atoms with E-state index in [1.165, 1.54) is 0 Å². The Morgan fingerprint density at radius 1 is 1.60 bits per heavy atom. The van der Waals surface area contributed by atoms with Crippen molar-refractivity contribution in [2.45, 2.75) is 26.2 Å². The molecule has 1 N–H and O–H groups in total. The highest BCUT2D eigenvalue weighted by atomic mass is 19.3. The summed E-state index contributed by atoms with van der Waals surface area (Å²) >= 11 is 0. The molecule has 0 saturated carbocycles. The Kier molecular flexibility index (Phi) is 3.91. The average Bonchev–Trinajstić information content (AvgIpc) is 1.81. The van der Waals surface area contributed by atoms with Gasteiger partial charge in [-0.05, 0) is 6.42 Å². The number of rotatable bonds is 4. The van der Waals surface area contributed by atoms with Crippen LogP contribution in [0.25, 0.3) is 0 Å². The third kappa shape index (κ3) is 2.75. The van der Waals surface area contributed by atoms with E-state index in [4.69, 9.17) is 5.11 Å². The van der Waals surface area contributed by atoms with E-state index in [2.05, 4.69) is 0 Å². The molecular formula is C6H10F2O2. The molecule has 0 heterocycles. The summed E-state index contributed by atoms with van der Waals surface area (Å²) < 4.78 is 23.5. The lowest BCUT2D eigenvalue weighted by Gasteiger charge is -2.07. The number of carbonyl (C=O) groups is 1. The van der Waals surface area contributed by atoms with Crippen molar-refractivity contribution < 1.29 is 18.7 Å². The normalized spacial score (nSPS) is 13.6. The van der Waals surface area contributed by atoms with Gasteiger partial charge in [-0.15, -0.1) is 0 Å². The molecule has 10 heavy (non-hydrogen) atoms.